The van der Waals surface area contributed by atoms with Crippen molar-refractivity contribution in [3.05, 3.63) is 42.0 Å². The summed E-state index contributed by atoms with van der Waals surface area (Å²) in [5.74, 6) is 1.80. The van der Waals surface area contributed by atoms with Gasteiger partial charge >= 0.3 is 0 Å². The normalized spacial score (nSPS) is 12.8. The molecule has 20 heavy (non-hydrogen) atoms. The molecular formula is C16H25N3O. The molecule has 0 fully saturated rings. The molecule has 1 unspecified atom stereocenters. The summed E-state index contributed by atoms with van der Waals surface area (Å²) < 4.78 is 5.15. The first kappa shape index (κ1) is 16.1. The van der Waals surface area contributed by atoms with Crippen molar-refractivity contribution in [2.24, 2.45) is 16.6 Å². The standard InChI is InChI=1S/C16H25N3O/c1-12(2)10-18-16(17)19-11-13(3)9-14-5-7-15(20-4)8-6-14/h5-8,13H,1,9-11H2,2-4H3,(H3,17,18,19). The van der Waals surface area contributed by atoms with Crippen molar-refractivity contribution in [2.45, 2.75) is 20.3 Å². The lowest BCUT2D eigenvalue weighted by Crippen LogP contribution is -2.33. The lowest BCUT2D eigenvalue weighted by atomic mass is 10.0. The van der Waals surface area contributed by atoms with E-state index in [2.05, 4.69) is 35.9 Å². The molecular weight excluding hydrogens is 250 g/mol. The number of hydrogen-bond acceptors (Lipinski definition) is 2. The molecule has 0 radical (unpaired) electrons. The van der Waals surface area contributed by atoms with E-state index in [4.69, 9.17) is 10.5 Å². The summed E-state index contributed by atoms with van der Waals surface area (Å²) in [6.07, 6.45) is 0.973. The Labute approximate surface area is 121 Å². The van der Waals surface area contributed by atoms with E-state index >= 15 is 0 Å². The molecule has 1 rings (SSSR count). The van der Waals surface area contributed by atoms with Gasteiger partial charge in [0.1, 0.15) is 5.75 Å². The van der Waals surface area contributed by atoms with Crippen LogP contribution in [0.1, 0.15) is 19.4 Å². The molecule has 1 aromatic carbocycles. The zero-order valence-electron chi connectivity index (χ0n) is 12.6. The molecule has 0 heterocycles. The molecule has 110 valence electrons. The molecule has 4 heteroatoms. The van der Waals surface area contributed by atoms with Gasteiger partial charge in [-0.15, -0.1) is 0 Å². The number of benzene rings is 1. The number of methoxy groups -OCH3 is 1. The minimum Gasteiger partial charge on any atom is -0.497 e. The van der Waals surface area contributed by atoms with Crippen molar-refractivity contribution in [3.63, 3.8) is 0 Å². The van der Waals surface area contributed by atoms with Gasteiger partial charge in [0.15, 0.2) is 5.96 Å². The fourth-order valence-corrected chi connectivity index (χ4v) is 1.78. The number of nitrogens with two attached hydrogens (primary N) is 1. The smallest absolute Gasteiger partial charge is 0.188 e. The molecule has 0 amide bonds. The van der Waals surface area contributed by atoms with Gasteiger partial charge in [-0.2, -0.15) is 0 Å². The second kappa shape index (κ2) is 8.25. The zero-order valence-corrected chi connectivity index (χ0v) is 12.6. The maximum Gasteiger partial charge on any atom is 0.188 e. The number of nitrogens with one attached hydrogen (secondary N) is 1. The molecule has 0 saturated carbocycles. The van der Waals surface area contributed by atoms with E-state index in [9.17, 15) is 0 Å². The highest BCUT2D eigenvalue weighted by atomic mass is 16.5. The van der Waals surface area contributed by atoms with Gasteiger partial charge in [0.05, 0.1) is 7.11 Å². The van der Waals surface area contributed by atoms with Crippen molar-refractivity contribution >= 4 is 5.96 Å². The third-order valence-corrected chi connectivity index (χ3v) is 2.89. The van der Waals surface area contributed by atoms with Crippen LogP contribution in [0.3, 0.4) is 0 Å². The average molecular weight is 275 g/mol. The van der Waals surface area contributed by atoms with E-state index in [1.807, 2.05) is 19.1 Å². The molecule has 1 atom stereocenters. The number of nitrogens with zero attached hydrogens (tertiary/aromatic N) is 1. The highest BCUT2D eigenvalue weighted by molar-refractivity contribution is 5.78. The van der Waals surface area contributed by atoms with Crippen LogP contribution in [0, 0.1) is 5.92 Å². The fraction of sp³-hybridized carbons (Fsp3) is 0.438. The van der Waals surface area contributed by atoms with Crippen molar-refractivity contribution in [1.29, 1.82) is 0 Å². The van der Waals surface area contributed by atoms with Gasteiger partial charge in [0.2, 0.25) is 0 Å². The maximum atomic E-state index is 5.78. The maximum absolute atomic E-state index is 5.78. The van der Waals surface area contributed by atoms with Crippen LogP contribution in [0.25, 0.3) is 0 Å². The zero-order chi connectivity index (χ0) is 15.0. The van der Waals surface area contributed by atoms with Crippen LogP contribution in [0.4, 0.5) is 0 Å². The minimum absolute atomic E-state index is 0.438. The minimum atomic E-state index is 0.438. The van der Waals surface area contributed by atoms with E-state index in [1.165, 1.54) is 5.56 Å². The SMILES string of the molecule is C=C(C)CNC(N)=NCC(C)Cc1ccc(OC)cc1. The van der Waals surface area contributed by atoms with E-state index in [0.717, 1.165) is 17.7 Å². The van der Waals surface area contributed by atoms with Crippen LogP contribution in [-0.4, -0.2) is 26.2 Å². The summed E-state index contributed by atoms with van der Waals surface area (Å²) >= 11 is 0. The Bertz CT molecular complexity index is 451. The van der Waals surface area contributed by atoms with Gasteiger partial charge in [0, 0.05) is 13.1 Å². The summed E-state index contributed by atoms with van der Waals surface area (Å²) in [6, 6.07) is 8.13. The van der Waals surface area contributed by atoms with Crippen LogP contribution < -0.4 is 15.8 Å². The first-order chi connectivity index (χ1) is 9.51. The van der Waals surface area contributed by atoms with E-state index in [1.54, 1.807) is 7.11 Å². The largest absolute Gasteiger partial charge is 0.497 e. The van der Waals surface area contributed by atoms with Crippen LogP contribution in [0.15, 0.2) is 41.4 Å². The molecule has 1 aromatic rings. The van der Waals surface area contributed by atoms with E-state index < -0.39 is 0 Å². The van der Waals surface area contributed by atoms with Crippen LogP contribution in [-0.2, 0) is 6.42 Å². The van der Waals surface area contributed by atoms with Crippen molar-refractivity contribution in [3.8, 4) is 5.75 Å². The molecule has 0 saturated heterocycles. The highest BCUT2D eigenvalue weighted by Crippen LogP contribution is 2.14. The summed E-state index contributed by atoms with van der Waals surface area (Å²) in [6.45, 7) is 9.30. The molecule has 0 aliphatic heterocycles. The lowest BCUT2D eigenvalue weighted by molar-refractivity contribution is 0.414. The molecule has 0 aliphatic rings. The Morgan fingerprint density at radius 1 is 1.40 bits per heavy atom. The summed E-state index contributed by atoms with van der Waals surface area (Å²) in [4.78, 5) is 4.34. The Morgan fingerprint density at radius 2 is 2.05 bits per heavy atom. The van der Waals surface area contributed by atoms with Gasteiger partial charge in [-0.3, -0.25) is 4.99 Å². The molecule has 4 nitrogen and oxygen atoms in total. The first-order valence-electron chi connectivity index (χ1n) is 6.82. The Hall–Kier alpha value is -1.97. The molecule has 3 N–H and O–H groups in total. The summed E-state index contributed by atoms with van der Waals surface area (Å²) in [5.41, 5.74) is 8.10. The third-order valence-electron chi connectivity index (χ3n) is 2.89. The van der Waals surface area contributed by atoms with Gasteiger partial charge in [-0.25, -0.2) is 0 Å². The highest BCUT2D eigenvalue weighted by Gasteiger charge is 2.04. The second-order valence-electron chi connectivity index (χ2n) is 5.19. The summed E-state index contributed by atoms with van der Waals surface area (Å²) in [5, 5.41) is 3.03. The number of ether oxygens (including phenoxy) is 1. The first-order valence-corrected chi connectivity index (χ1v) is 6.82. The predicted molar refractivity (Wildman–Crippen MR) is 85.2 cm³/mol. The molecule has 0 aromatic heterocycles. The van der Waals surface area contributed by atoms with Crippen molar-refractivity contribution in [1.82, 2.24) is 5.32 Å². The Balaban J connectivity index is 2.40. The fourth-order valence-electron chi connectivity index (χ4n) is 1.78. The molecule has 0 bridgehead atoms. The number of rotatable bonds is 7. The van der Waals surface area contributed by atoms with Crippen molar-refractivity contribution < 1.29 is 4.74 Å². The van der Waals surface area contributed by atoms with Gasteiger partial charge in [-0.05, 0) is 37.0 Å². The van der Waals surface area contributed by atoms with Crippen LogP contribution >= 0.6 is 0 Å². The molecule has 0 spiro atoms. The number of guanidine groups is 1. The van der Waals surface area contributed by atoms with Gasteiger partial charge in [-0.1, -0.05) is 31.2 Å². The quantitative estimate of drug-likeness (QED) is 0.456. The summed E-state index contributed by atoms with van der Waals surface area (Å²) in [7, 11) is 1.67. The molecule has 0 aliphatic carbocycles. The van der Waals surface area contributed by atoms with Crippen LogP contribution in [0.5, 0.6) is 5.75 Å². The van der Waals surface area contributed by atoms with E-state index in [0.29, 0.717) is 25.0 Å². The third kappa shape index (κ3) is 6.27. The Morgan fingerprint density at radius 3 is 2.60 bits per heavy atom. The predicted octanol–water partition coefficient (Wildman–Crippen LogP) is 2.35. The number of hydrogen-bond donors (Lipinski definition) is 2. The monoisotopic (exact) mass is 275 g/mol. The van der Waals surface area contributed by atoms with Gasteiger partial charge < -0.3 is 15.8 Å². The average Bonchev–Trinajstić information content (AvgIpc) is 2.43. The topological polar surface area (TPSA) is 59.6 Å². The number of aliphatic imine (C=N–C) groups is 1. The second-order valence-corrected chi connectivity index (χ2v) is 5.19. The van der Waals surface area contributed by atoms with Gasteiger partial charge in [0.25, 0.3) is 0 Å². The van der Waals surface area contributed by atoms with Crippen LogP contribution in [0.2, 0.25) is 0 Å². The van der Waals surface area contributed by atoms with E-state index in [-0.39, 0.29) is 0 Å². The van der Waals surface area contributed by atoms with Crippen molar-refractivity contribution in [2.75, 3.05) is 20.2 Å². The lowest BCUT2D eigenvalue weighted by Gasteiger charge is -2.10. The Kier molecular flexibility index (Phi) is 6.64.